The van der Waals surface area contributed by atoms with Gasteiger partial charge in [0.2, 0.25) is 0 Å². The summed E-state index contributed by atoms with van der Waals surface area (Å²) in [6.07, 6.45) is 3.23. The van der Waals surface area contributed by atoms with E-state index in [0.29, 0.717) is 6.04 Å². The second-order valence-electron chi connectivity index (χ2n) is 4.52. The molecule has 1 rings (SSSR count). The first-order valence-corrected chi connectivity index (χ1v) is 8.04. The van der Waals surface area contributed by atoms with Crippen molar-refractivity contribution in [3.63, 3.8) is 0 Å². The summed E-state index contributed by atoms with van der Waals surface area (Å²) in [5.41, 5.74) is 2.55. The number of hydrogen-bond donors (Lipinski definition) is 1. The lowest BCUT2D eigenvalue weighted by Crippen LogP contribution is -2.18. The van der Waals surface area contributed by atoms with Crippen LogP contribution in [0.5, 0.6) is 5.75 Å². The molecule has 18 heavy (non-hydrogen) atoms. The number of hydrogen-bond acceptors (Lipinski definition) is 3. The molecule has 0 heterocycles. The Morgan fingerprint density at radius 2 is 2.17 bits per heavy atom. The number of ether oxygens (including phenoxy) is 1. The molecule has 2 nitrogen and oxygen atoms in total. The van der Waals surface area contributed by atoms with Gasteiger partial charge in [0.1, 0.15) is 5.75 Å². The summed E-state index contributed by atoms with van der Waals surface area (Å²) in [5.74, 6) is 2.18. The lowest BCUT2D eigenvalue weighted by atomic mass is 10.0. The summed E-state index contributed by atoms with van der Waals surface area (Å²) >= 11 is 1.87. The Morgan fingerprint density at radius 3 is 2.83 bits per heavy atom. The van der Waals surface area contributed by atoms with Gasteiger partial charge in [0.15, 0.2) is 0 Å². The van der Waals surface area contributed by atoms with Gasteiger partial charge in [-0.05, 0) is 44.9 Å². The van der Waals surface area contributed by atoms with Crippen LogP contribution in [0.15, 0.2) is 18.2 Å². The molecule has 0 saturated carbocycles. The normalized spacial score (nSPS) is 12.4. The number of benzene rings is 1. The summed E-state index contributed by atoms with van der Waals surface area (Å²) in [5, 5.41) is 3.45. The molecule has 0 radical (unpaired) electrons. The molecule has 0 aliphatic heterocycles. The Morgan fingerprint density at radius 1 is 1.39 bits per heavy atom. The third-order valence-corrected chi connectivity index (χ3v) is 3.59. The van der Waals surface area contributed by atoms with Crippen LogP contribution in [0.3, 0.4) is 0 Å². The van der Waals surface area contributed by atoms with Crippen LogP contribution in [0.1, 0.15) is 37.4 Å². The van der Waals surface area contributed by atoms with Gasteiger partial charge in [-0.25, -0.2) is 0 Å². The van der Waals surface area contributed by atoms with Gasteiger partial charge < -0.3 is 10.1 Å². The molecule has 1 atom stereocenters. The van der Waals surface area contributed by atoms with Crippen LogP contribution < -0.4 is 10.1 Å². The average molecular weight is 267 g/mol. The fourth-order valence-corrected chi connectivity index (χ4v) is 2.35. The largest absolute Gasteiger partial charge is 0.493 e. The Balaban J connectivity index is 2.70. The summed E-state index contributed by atoms with van der Waals surface area (Å²) in [6.45, 7) is 8.22. The van der Waals surface area contributed by atoms with E-state index in [0.717, 1.165) is 31.1 Å². The summed E-state index contributed by atoms with van der Waals surface area (Å²) < 4.78 is 5.91. The molecule has 1 unspecified atom stereocenters. The first-order valence-electron chi connectivity index (χ1n) is 6.64. The molecule has 0 amide bonds. The third-order valence-electron chi connectivity index (χ3n) is 2.89. The molecule has 0 fully saturated rings. The van der Waals surface area contributed by atoms with Gasteiger partial charge in [0.25, 0.3) is 0 Å². The van der Waals surface area contributed by atoms with Gasteiger partial charge in [-0.1, -0.05) is 24.6 Å². The smallest absolute Gasteiger partial charge is 0.124 e. The van der Waals surface area contributed by atoms with Crippen molar-refractivity contribution in [3.8, 4) is 5.75 Å². The van der Waals surface area contributed by atoms with E-state index in [2.05, 4.69) is 50.5 Å². The van der Waals surface area contributed by atoms with Crippen molar-refractivity contribution in [2.45, 2.75) is 33.2 Å². The third kappa shape index (κ3) is 4.91. The molecule has 102 valence electrons. The zero-order valence-corrected chi connectivity index (χ0v) is 12.8. The van der Waals surface area contributed by atoms with Gasteiger partial charge in [-0.2, -0.15) is 11.8 Å². The van der Waals surface area contributed by atoms with E-state index in [9.17, 15) is 0 Å². The van der Waals surface area contributed by atoms with E-state index in [4.69, 9.17) is 4.74 Å². The lowest BCUT2D eigenvalue weighted by Gasteiger charge is -2.18. The van der Waals surface area contributed by atoms with Crippen molar-refractivity contribution in [3.05, 3.63) is 29.3 Å². The molecule has 0 aromatic heterocycles. The fraction of sp³-hybridized carbons (Fsp3) is 0.600. The van der Waals surface area contributed by atoms with Gasteiger partial charge in [0.05, 0.1) is 6.61 Å². The maximum Gasteiger partial charge on any atom is 0.124 e. The second kappa shape index (κ2) is 8.44. The highest BCUT2D eigenvalue weighted by molar-refractivity contribution is 7.98. The second-order valence-corrected chi connectivity index (χ2v) is 5.50. The van der Waals surface area contributed by atoms with E-state index in [1.54, 1.807) is 0 Å². The number of rotatable bonds is 8. The van der Waals surface area contributed by atoms with Gasteiger partial charge >= 0.3 is 0 Å². The SMILES string of the molecule is CCNC(C)c1cc(C)ccc1OCCCSC. The molecule has 0 aliphatic carbocycles. The minimum Gasteiger partial charge on any atom is -0.493 e. The van der Waals surface area contributed by atoms with Crippen molar-refractivity contribution >= 4 is 11.8 Å². The summed E-state index contributed by atoms with van der Waals surface area (Å²) in [6, 6.07) is 6.77. The Labute approximate surface area is 116 Å². The predicted octanol–water partition coefficient (Wildman–Crippen LogP) is 3.80. The maximum absolute atomic E-state index is 5.91. The van der Waals surface area contributed by atoms with Crippen molar-refractivity contribution in [2.75, 3.05) is 25.2 Å². The lowest BCUT2D eigenvalue weighted by molar-refractivity contribution is 0.312. The highest BCUT2D eigenvalue weighted by Gasteiger charge is 2.10. The fourth-order valence-electron chi connectivity index (χ4n) is 1.94. The monoisotopic (exact) mass is 267 g/mol. The molecule has 0 saturated heterocycles. The van der Waals surface area contributed by atoms with Crippen molar-refractivity contribution in [2.24, 2.45) is 0 Å². The molecule has 3 heteroatoms. The van der Waals surface area contributed by atoms with E-state index in [1.807, 2.05) is 11.8 Å². The molecule has 0 bridgehead atoms. The first-order chi connectivity index (χ1) is 8.69. The quantitative estimate of drug-likeness (QED) is 0.724. The number of thioether (sulfide) groups is 1. The predicted molar refractivity (Wildman–Crippen MR) is 81.8 cm³/mol. The first kappa shape index (κ1) is 15.4. The van der Waals surface area contributed by atoms with Gasteiger partial charge in [0, 0.05) is 11.6 Å². The highest BCUT2D eigenvalue weighted by atomic mass is 32.2. The van der Waals surface area contributed by atoms with E-state index in [-0.39, 0.29) is 0 Å². The Hall–Kier alpha value is -0.670. The zero-order chi connectivity index (χ0) is 13.4. The van der Waals surface area contributed by atoms with Crippen LogP contribution in [-0.2, 0) is 0 Å². The van der Waals surface area contributed by atoms with Crippen molar-refractivity contribution < 1.29 is 4.74 Å². The Bertz CT molecular complexity index is 354. The van der Waals surface area contributed by atoms with E-state index >= 15 is 0 Å². The molecule has 1 N–H and O–H groups in total. The molecular formula is C15H25NOS. The molecule has 0 aliphatic rings. The molecular weight excluding hydrogens is 242 g/mol. The maximum atomic E-state index is 5.91. The van der Waals surface area contributed by atoms with Crippen LogP contribution in [0, 0.1) is 6.92 Å². The van der Waals surface area contributed by atoms with Crippen LogP contribution in [0.25, 0.3) is 0 Å². The van der Waals surface area contributed by atoms with E-state index < -0.39 is 0 Å². The standard InChI is InChI=1S/C15H25NOS/c1-5-16-13(3)14-11-12(2)7-8-15(14)17-9-6-10-18-4/h7-8,11,13,16H,5-6,9-10H2,1-4H3. The molecule has 0 spiro atoms. The van der Waals surface area contributed by atoms with Crippen LogP contribution in [0.4, 0.5) is 0 Å². The van der Waals surface area contributed by atoms with Gasteiger partial charge in [-0.15, -0.1) is 0 Å². The van der Waals surface area contributed by atoms with E-state index in [1.165, 1.54) is 11.1 Å². The van der Waals surface area contributed by atoms with Gasteiger partial charge in [-0.3, -0.25) is 0 Å². The van der Waals surface area contributed by atoms with Crippen molar-refractivity contribution in [1.82, 2.24) is 5.32 Å². The average Bonchev–Trinajstić information content (AvgIpc) is 2.36. The van der Waals surface area contributed by atoms with Crippen molar-refractivity contribution in [1.29, 1.82) is 0 Å². The molecule has 1 aromatic rings. The molecule has 1 aromatic carbocycles. The minimum absolute atomic E-state index is 0.338. The number of nitrogens with one attached hydrogen (secondary N) is 1. The Kier molecular flexibility index (Phi) is 7.21. The van der Waals surface area contributed by atoms with Crippen LogP contribution in [0.2, 0.25) is 0 Å². The summed E-state index contributed by atoms with van der Waals surface area (Å²) in [7, 11) is 0. The van der Waals surface area contributed by atoms with Crippen LogP contribution >= 0.6 is 11.8 Å². The number of aryl methyl sites for hydroxylation is 1. The zero-order valence-electron chi connectivity index (χ0n) is 12.0. The van der Waals surface area contributed by atoms with Crippen LogP contribution in [-0.4, -0.2) is 25.2 Å². The minimum atomic E-state index is 0.338. The topological polar surface area (TPSA) is 21.3 Å². The summed E-state index contributed by atoms with van der Waals surface area (Å²) in [4.78, 5) is 0. The highest BCUT2D eigenvalue weighted by Crippen LogP contribution is 2.26.